The molecule has 15 heavy (non-hydrogen) atoms. The van der Waals surface area contributed by atoms with Gasteiger partial charge in [-0.05, 0) is 25.3 Å². The summed E-state index contributed by atoms with van der Waals surface area (Å²) in [6.45, 7) is 4.27. The fourth-order valence-corrected chi connectivity index (χ4v) is 2.10. The number of hydrogen-bond donors (Lipinski definition) is 0. The molecule has 1 aromatic rings. The predicted octanol–water partition coefficient (Wildman–Crippen LogP) is 2.68. The Balaban J connectivity index is 2.22. The molecule has 0 spiro atoms. The number of hydrogen-bond acceptors (Lipinski definition) is 3. The molecule has 0 radical (unpaired) electrons. The van der Waals surface area contributed by atoms with Gasteiger partial charge in [0, 0.05) is 18.8 Å². The van der Waals surface area contributed by atoms with E-state index in [0.717, 1.165) is 37.6 Å². The lowest BCUT2D eigenvalue weighted by Gasteiger charge is -2.15. The number of aromatic nitrogens is 2. The first kappa shape index (κ1) is 10.7. The van der Waals surface area contributed by atoms with Crippen molar-refractivity contribution in [2.75, 3.05) is 18.0 Å². The molecule has 1 saturated heterocycles. The second kappa shape index (κ2) is 4.79. The van der Waals surface area contributed by atoms with Gasteiger partial charge in [-0.25, -0.2) is 9.97 Å². The van der Waals surface area contributed by atoms with Crippen molar-refractivity contribution in [3.8, 4) is 0 Å². The molecule has 82 valence electrons. The van der Waals surface area contributed by atoms with Gasteiger partial charge in [-0.2, -0.15) is 0 Å². The molecule has 0 saturated carbocycles. The van der Waals surface area contributed by atoms with Crippen LogP contribution in [0, 0.1) is 0 Å². The number of nitrogens with zero attached hydrogens (tertiary/aromatic N) is 3. The van der Waals surface area contributed by atoms with Crippen LogP contribution < -0.4 is 4.90 Å². The van der Waals surface area contributed by atoms with Gasteiger partial charge >= 0.3 is 0 Å². The van der Waals surface area contributed by atoms with Crippen LogP contribution in [0.3, 0.4) is 0 Å². The van der Waals surface area contributed by atoms with E-state index >= 15 is 0 Å². The van der Waals surface area contributed by atoms with Crippen LogP contribution in [0.25, 0.3) is 0 Å². The van der Waals surface area contributed by atoms with E-state index in [9.17, 15) is 0 Å². The molecular weight excluding hydrogens is 210 g/mol. The molecule has 0 bridgehead atoms. The molecule has 0 N–H and O–H groups in total. The Bertz CT molecular complexity index is 335. The second-order valence-electron chi connectivity index (χ2n) is 3.93. The van der Waals surface area contributed by atoms with Crippen molar-refractivity contribution < 1.29 is 0 Å². The molecule has 1 aliphatic heterocycles. The van der Waals surface area contributed by atoms with Crippen molar-refractivity contribution in [3.05, 3.63) is 16.9 Å². The van der Waals surface area contributed by atoms with Gasteiger partial charge in [-0.3, -0.25) is 0 Å². The van der Waals surface area contributed by atoms with Gasteiger partial charge in [0.05, 0.1) is 0 Å². The minimum Gasteiger partial charge on any atom is -0.341 e. The van der Waals surface area contributed by atoms with Crippen LogP contribution in [0.5, 0.6) is 0 Å². The number of aryl methyl sites for hydroxylation is 1. The van der Waals surface area contributed by atoms with Gasteiger partial charge in [0.15, 0.2) is 0 Å². The third-order valence-corrected chi connectivity index (χ3v) is 2.82. The van der Waals surface area contributed by atoms with Gasteiger partial charge in [-0.15, -0.1) is 0 Å². The van der Waals surface area contributed by atoms with Crippen LogP contribution in [-0.2, 0) is 6.42 Å². The minimum atomic E-state index is 0.565. The maximum absolute atomic E-state index is 5.99. The first-order valence-electron chi connectivity index (χ1n) is 5.58. The zero-order chi connectivity index (χ0) is 10.7. The Morgan fingerprint density at radius 3 is 2.73 bits per heavy atom. The maximum atomic E-state index is 5.99. The summed E-state index contributed by atoms with van der Waals surface area (Å²) in [6.07, 6.45) is 4.54. The standard InChI is InChI=1S/C11H16ClN3/c1-2-5-9-8-10(12)14-11(13-9)15-6-3-4-7-15/h8H,2-7H2,1H3. The Morgan fingerprint density at radius 2 is 2.07 bits per heavy atom. The highest BCUT2D eigenvalue weighted by molar-refractivity contribution is 6.29. The molecule has 2 rings (SSSR count). The van der Waals surface area contributed by atoms with Gasteiger partial charge < -0.3 is 4.90 Å². The summed E-state index contributed by atoms with van der Waals surface area (Å²) in [5, 5.41) is 0.565. The number of halogens is 1. The predicted molar refractivity (Wildman–Crippen MR) is 62.5 cm³/mol. The molecule has 1 fully saturated rings. The fraction of sp³-hybridized carbons (Fsp3) is 0.636. The highest BCUT2D eigenvalue weighted by Gasteiger charge is 2.15. The fourth-order valence-electron chi connectivity index (χ4n) is 1.89. The molecule has 2 heterocycles. The summed E-state index contributed by atoms with van der Waals surface area (Å²) in [7, 11) is 0. The average Bonchev–Trinajstić information content (AvgIpc) is 2.70. The number of anilines is 1. The largest absolute Gasteiger partial charge is 0.341 e. The summed E-state index contributed by atoms with van der Waals surface area (Å²) in [5.41, 5.74) is 1.06. The summed E-state index contributed by atoms with van der Waals surface area (Å²) in [5.74, 6) is 0.809. The lowest BCUT2D eigenvalue weighted by atomic mass is 10.2. The van der Waals surface area contributed by atoms with Crippen LogP contribution in [0.2, 0.25) is 5.15 Å². The zero-order valence-electron chi connectivity index (χ0n) is 9.04. The Kier molecular flexibility index (Phi) is 3.41. The van der Waals surface area contributed by atoms with E-state index < -0.39 is 0 Å². The lowest BCUT2D eigenvalue weighted by molar-refractivity contribution is 0.838. The van der Waals surface area contributed by atoms with Crippen molar-refractivity contribution >= 4 is 17.5 Å². The summed E-state index contributed by atoms with van der Waals surface area (Å²) in [6, 6.07) is 1.87. The molecule has 0 amide bonds. The van der Waals surface area contributed by atoms with Crippen LogP contribution >= 0.6 is 11.6 Å². The first-order chi connectivity index (χ1) is 7.29. The van der Waals surface area contributed by atoms with Crippen molar-refractivity contribution in [1.29, 1.82) is 0 Å². The van der Waals surface area contributed by atoms with Crippen molar-refractivity contribution in [2.24, 2.45) is 0 Å². The van der Waals surface area contributed by atoms with E-state index in [2.05, 4.69) is 21.8 Å². The normalized spacial score (nSPS) is 16.0. The molecule has 0 unspecified atom stereocenters. The third kappa shape index (κ3) is 2.59. The van der Waals surface area contributed by atoms with E-state index in [1.165, 1.54) is 12.8 Å². The lowest BCUT2D eigenvalue weighted by Crippen LogP contribution is -2.21. The van der Waals surface area contributed by atoms with E-state index in [4.69, 9.17) is 11.6 Å². The summed E-state index contributed by atoms with van der Waals surface area (Å²) >= 11 is 5.99. The zero-order valence-corrected chi connectivity index (χ0v) is 9.80. The van der Waals surface area contributed by atoms with Crippen molar-refractivity contribution in [1.82, 2.24) is 9.97 Å². The quantitative estimate of drug-likeness (QED) is 0.741. The molecule has 1 aliphatic rings. The van der Waals surface area contributed by atoms with Crippen LogP contribution in [0.15, 0.2) is 6.07 Å². The topological polar surface area (TPSA) is 29.0 Å². The van der Waals surface area contributed by atoms with Gasteiger partial charge in [0.2, 0.25) is 5.95 Å². The van der Waals surface area contributed by atoms with Gasteiger partial charge in [0.1, 0.15) is 5.15 Å². The molecule has 3 nitrogen and oxygen atoms in total. The van der Waals surface area contributed by atoms with E-state index in [-0.39, 0.29) is 0 Å². The molecular formula is C11H16ClN3. The molecule has 0 aromatic carbocycles. The van der Waals surface area contributed by atoms with E-state index in [1.807, 2.05) is 6.07 Å². The van der Waals surface area contributed by atoms with Crippen LogP contribution in [-0.4, -0.2) is 23.1 Å². The van der Waals surface area contributed by atoms with Crippen LogP contribution in [0.1, 0.15) is 31.9 Å². The number of rotatable bonds is 3. The Hall–Kier alpha value is -0.830. The summed E-state index contributed by atoms with van der Waals surface area (Å²) in [4.78, 5) is 11.0. The minimum absolute atomic E-state index is 0.565. The second-order valence-corrected chi connectivity index (χ2v) is 4.31. The van der Waals surface area contributed by atoms with Crippen molar-refractivity contribution in [3.63, 3.8) is 0 Å². The van der Waals surface area contributed by atoms with Gasteiger partial charge in [-0.1, -0.05) is 24.9 Å². The third-order valence-electron chi connectivity index (χ3n) is 2.63. The van der Waals surface area contributed by atoms with Gasteiger partial charge in [0.25, 0.3) is 0 Å². The van der Waals surface area contributed by atoms with E-state index in [0.29, 0.717) is 5.15 Å². The molecule has 0 aliphatic carbocycles. The van der Waals surface area contributed by atoms with Crippen LogP contribution in [0.4, 0.5) is 5.95 Å². The van der Waals surface area contributed by atoms with E-state index in [1.54, 1.807) is 0 Å². The smallest absolute Gasteiger partial charge is 0.226 e. The Morgan fingerprint density at radius 1 is 1.33 bits per heavy atom. The average molecular weight is 226 g/mol. The first-order valence-corrected chi connectivity index (χ1v) is 5.96. The Labute approximate surface area is 95.5 Å². The molecule has 1 aromatic heterocycles. The maximum Gasteiger partial charge on any atom is 0.226 e. The molecule has 4 heteroatoms. The summed E-state index contributed by atoms with van der Waals surface area (Å²) < 4.78 is 0. The van der Waals surface area contributed by atoms with Crippen molar-refractivity contribution in [2.45, 2.75) is 32.6 Å². The molecule has 0 atom stereocenters. The highest BCUT2D eigenvalue weighted by Crippen LogP contribution is 2.19. The SMILES string of the molecule is CCCc1cc(Cl)nc(N2CCCC2)n1. The highest BCUT2D eigenvalue weighted by atomic mass is 35.5. The monoisotopic (exact) mass is 225 g/mol.